The summed E-state index contributed by atoms with van der Waals surface area (Å²) in [5.41, 5.74) is 1.08. The Hall–Kier alpha value is -0.930. The Morgan fingerprint density at radius 2 is 2.00 bits per heavy atom. The number of pyridine rings is 1. The van der Waals surface area contributed by atoms with Crippen molar-refractivity contribution in [1.82, 2.24) is 10.3 Å². The molecule has 1 aromatic heterocycles. The second-order valence-electron chi connectivity index (χ2n) is 6.30. The molecule has 3 nitrogen and oxygen atoms in total. The van der Waals surface area contributed by atoms with Crippen LogP contribution < -0.4 is 5.32 Å². The van der Waals surface area contributed by atoms with E-state index in [1.54, 1.807) is 6.20 Å². The van der Waals surface area contributed by atoms with Crippen LogP contribution >= 0.6 is 0 Å². The Morgan fingerprint density at radius 1 is 1.33 bits per heavy atom. The Balaban J connectivity index is 2.66. The molecule has 0 fully saturated rings. The maximum atomic E-state index is 10.1. The molecule has 0 aromatic carbocycles. The molecule has 0 radical (unpaired) electrons. The van der Waals surface area contributed by atoms with Crippen LogP contribution in [0.25, 0.3) is 0 Å². The van der Waals surface area contributed by atoms with Gasteiger partial charge in [0.1, 0.15) is 0 Å². The lowest BCUT2D eigenvalue weighted by atomic mass is 9.88. The monoisotopic (exact) mass is 250 g/mol. The molecule has 1 aromatic rings. The number of aliphatic hydroxyl groups is 1. The van der Waals surface area contributed by atoms with Crippen molar-refractivity contribution in [3.05, 3.63) is 30.1 Å². The topological polar surface area (TPSA) is 45.1 Å². The van der Waals surface area contributed by atoms with Crippen LogP contribution in [-0.4, -0.2) is 22.7 Å². The Morgan fingerprint density at radius 3 is 2.44 bits per heavy atom. The zero-order valence-corrected chi connectivity index (χ0v) is 12.1. The van der Waals surface area contributed by atoms with Crippen LogP contribution in [0.1, 0.15) is 46.2 Å². The van der Waals surface area contributed by atoms with Gasteiger partial charge >= 0.3 is 0 Å². The fraction of sp³-hybridized carbons (Fsp3) is 0.667. The number of rotatable bonds is 5. The Labute approximate surface area is 111 Å². The molecule has 0 bridgehead atoms. The lowest BCUT2D eigenvalue weighted by Gasteiger charge is -2.30. The number of nitrogens with zero attached hydrogens (tertiary/aromatic N) is 1. The van der Waals surface area contributed by atoms with E-state index in [-0.39, 0.29) is 17.6 Å². The van der Waals surface area contributed by atoms with Crippen LogP contribution in [-0.2, 0) is 0 Å². The lowest BCUT2D eigenvalue weighted by Crippen LogP contribution is -2.39. The molecule has 0 aliphatic rings. The molecule has 102 valence electrons. The van der Waals surface area contributed by atoms with Crippen molar-refractivity contribution in [2.75, 3.05) is 6.54 Å². The molecule has 2 atom stereocenters. The van der Waals surface area contributed by atoms with Gasteiger partial charge in [-0.3, -0.25) is 4.98 Å². The minimum Gasteiger partial charge on any atom is -0.391 e. The Kier molecular flexibility index (Phi) is 5.29. The van der Waals surface area contributed by atoms with Gasteiger partial charge in [-0.05, 0) is 23.0 Å². The van der Waals surface area contributed by atoms with Gasteiger partial charge in [0, 0.05) is 25.0 Å². The van der Waals surface area contributed by atoms with E-state index in [0.29, 0.717) is 12.5 Å². The normalized spacial score (nSPS) is 15.7. The van der Waals surface area contributed by atoms with Gasteiger partial charge in [-0.1, -0.05) is 40.7 Å². The first kappa shape index (κ1) is 15.1. The number of aliphatic hydroxyl groups excluding tert-OH is 1. The first-order chi connectivity index (χ1) is 8.32. The van der Waals surface area contributed by atoms with E-state index in [1.165, 1.54) is 5.56 Å². The van der Waals surface area contributed by atoms with E-state index >= 15 is 0 Å². The summed E-state index contributed by atoms with van der Waals surface area (Å²) < 4.78 is 0. The third kappa shape index (κ3) is 4.39. The molecule has 3 heteroatoms. The van der Waals surface area contributed by atoms with Crippen molar-refractivity contribution in [2.45, 2.75) is 46.8 Å². The highest BCUT2D eigenvalue weighted by Gasteiger charge is 2.24. The third-order valence-corrected chi connectivity index (χ3v) is 3.24. The van der Waals surface area contributed by atoms with Crippen molar-refractivity contribution in [3.63, 3.8) is 0 Å². The largest absolute Gasteiger partial charge is 0.391 e. The van der Waals surface area contributed by atoms with Crippen molar-refractivity contribution >= 4 is 0 Å². The highest BCUT2D eigenvalue weighted by Crippen LogP contribution is 2.23. The Bertz CT molecular complexity index is 343. The van der Waals surface area contributed by atoms with Gasteiger partial charge in [-0.25, -0.2) is 0 Å². The standard InChI is InChI=1S/C15H26N2O/c1-11(2)14(12-7-6-8-16-9-12)17-10-13(18)15(3,4)5/h6-9,11,13-14,17-18H,10H2,1-5H3. The summed E-state index contributed by atoms with van der Waals surface area (Å²) in [5.74, 6) is 0.460. The van der Waals surface area contributed by atoms with Crippen LogP contribution in [0.2, 0.25) is 0 Å². The number of hydrogen-bond acceptors (Lipinski definition) is 3. The fourth-order valence-electron chi connectivity index (χ4n) is 1.84. The van der Waals surface area contributed by atoms with Gasteiger partial charge in [0.2, 0.25) is 0 Å². The summed E-state index contributed by atoms with van der Waals surface area (Å²) >= 11 is 0. The number of nitrogens with one attached hydrogen (secondary N) is 1. The quantitative estimate of drug-likeness (QED) is 0.844. The molecule has 0 amide bonds. The van der Waals surface area contributed by atoms with E-state index < -0.39 is 0 Å². The molecule has 0 aliphatic carbocycles. The van der Waals surface area contributed by atoms with Gasteiger partial charge in [-0.2, -0.15) is 0 Å². The molecule has 1 heterocycles. The first-order valence-corrected chi connectivity index (χ1v) is 6.63. The van der Waals surface area contributed by atoms with Crippen LogP contribution in [0.15, 0.2) is 24.5 Å². The van der Waals surface area contributed by atoms with Gasteiger partial charge in [0.05, 0.1) is 6.10 Å². The van der Waals surface area contributed by atoms with Crippen LogP contribution in [0.5, 0.6) is 0 Å². The van der Waals surface area contributed by atoms with E-state index in [0.717, 1.165) is 0 Å². The van der Waals surface area contributed by atoms with Gasteiger partial charge < -0.3 is 10.4 Å². The highest BCUT2D eigenvalue weighted by molar-refractivity contribution is 5.14. The number of hydrogen-bond donors (Lipinski definition) is 2. The van der Waals surface area contributed by atoms with Crippen molar-refractivity contribution in [3.8, 4) is 0 Å². The molecule has 0 spiro atoms. The van der Waals surface area contributed by atoms with Crippen LogP contribution in [0, 0.1) is 11.3 Å². The van der Waals surface area contributed by atoms with E-state index in [1.807, 2.05) is 33.0 Å². The minimum absolute atomic E-state index is 0.0938. The lowest BCUT2D eigenvalue weighted by molar-refractivity contribution is 0.0588. The first-order valence-electron chi connectivity index (χ1n) is 6.63. The second-order valence-corrected chi connectivity index (χ2v) is 6.30. The molecule has 2 unspecified atom stereocenters. The summed E-state index contributed by atoms with van der Waals surface area (Å²) in [4.78, 5) is 4.16. The molecular formula is C15H26N2O. The third-order valence-electron chi connectivity index (χ3n) is 3.24. The molecule has 0 saturated carbocycles. The van der Waals surface area contributed by atoms with Gasteiger partial charge in [-0.15, -0.1) is 0 Å². The fourth-order valence-corrected chi connectivity index (χ4v) is 1.84. The molecular weight excluding hydrogens is 224 g/mol. The van der Waals surface area contributed by atoms with E-state index in [4.69, 9.17) is 0 Å². The van der Waals surface area contributed by atoms with E-state index in [9.17, 15) is 5.11 Å². The van der Waals surface area contributed by atoms with Crippen molar-refractivity contribution < 1.29 is 5.11 Å². The van der Waals surface area contributed by atoms with Gasteiger partial charge in [0.15, 0.2) is 0 Å². The molecule has 1 rings (SSSR count). The average Bonchev–Trinajstić information content (AvgIpc) is 2.28. The van der Waals surface area contributed by atoms with E-state index in [2.05, 4.69) is 30.2 Å². The molecule has 0 aliphatic heterocycles. The predicted octanol–water partition coefficient (Wildman–Crippen LogP) is 2.78. The predicted molar refractivity (Wildman–Crippen MR) is 75.3 cm³/mol. The summed E-state index contributed by atoms with van der Waals surface area (Å²) in [5, 5.41) is 13.5. The maximum absolute atomic E-state index is 10.1. The summed E-state index contributed by atoms with van der Waals surface area (Å²) in [7, 11) is 0. The second kappa shape index (κ2) is 6.30. The number of aromatic nitrogens is 1. The zero-order valence-electron chi connectivity index (χ0n) is 12.1. The minimum atomic E-state index is -0.351. The van der Waals surface area contributed by atoms with Gasteiger partial charge in [0.25, 0.3) is 0 Å². The average molecular weight is 250 g/mol. The van der Waals surface area contributed by atoms with Crippen molar-refractivity contribution in [2.24, 2.45) is 11.3 Å². The summed E-state index contributed by atoms with van der Waals surface area (Å²) in [6.45, 7) is 11.1. The summed E-state index contributed by atoms with van der Waals surface area (Å²) in [6, 6.07) is 4.26. The molecule has 0 saturated heterocycles. The van der Waals surface area contributed by atoms with Crippen molar-refractivity contribution in [1.29, 1.82) is 0 Å². The highest BCUT2D eigenvalue weighted by atomic mass is 16.3. The van der Waals surface area contributed by atoms with Crippen LogP contribution in [0.3, 0.4) is 0 Å². The zero-order chi connectivity index (χ0) is 13.8. The SMILES string of the molecule is CC(C)C(NCC(O)C(C)(C)C)c1cccnc1. The molecule has 18 heavy (non-hydrogen) atoms. The summed E-state index contributed by atoms with van der Waals surface area (Å²) in [6.07, 6.45) is 3.32. The maximum Gasteiger partial charge on any atom is 0.0712 e. The van der Waals surface area contributed by atoms with Crippen LogP contribution in [0.4, 0.5) is 0 Å². The molecule has 2 N–H and O–H groups in total. The smallest absolute Gasteiger partial charge is 0.0712 e.